The highest BCUT2D eigenvalue weighted by Gasteiger charge is 2.11. The summed E-state index contributed by atoms with van der Waals surface area (Å²) < 4.78 is 10.6. The third-order valence-electron chi connectivity index (χ3n) is 4.17. The summed E-state index contributed by atoms with van der Waals surface area (Å²) in [4.78, 5) is 17.9. The van der Waals surface area contributed by atoms with E-state index in [-0.39, 0.29) is 18.5 Å². The number of benzene rings is 2. The fourth-order valence-electron chi connectivity index (χ4n) is 2.49. The lowest BCUT2D eigenvalue weighted by molar-refractivity contribution is -0.127. The molecular formula is C21H28N4O3. The summed E-state index contributed by atoms with van der Waals surface area (Å²) in [6.07, 6.45) is 0. The van der Waals surface area contributed by atoms with Crippen molar-refractivity contribution in [2.75, 3.05) is 40.2 Å². The van der Waals surface area contributed by atoms with Gasteiger partial charge < -0.3 is 25.0 Å². The zero-order valence-electron chi connectivity index (χ0n) is 17.0. The molecule has 7 nitrogen and oxygen atoms in total. The van der Waals surface area contributed by atoms with Crippen LogP contribution in [0.3, 0.4) is 0 Å². The van der Waals surface area contributed by atoms with E-state index in [9.17, 15) is 4.79 Å². The fraction of sp³-hybridized carbons (Fsp3) is 0.333. The molecule has 0 aliphatic rings. The number of likely N-dealkylation sites (N-methyl/N-ethyl adjacent to an activating group) is 1. The lowest BCUT2D eigenvalue weighted by Gasteiger charge is -2.19. The normalized spacial score (nSPS) is 12.1. The number of anilines is 1. The van der Waals surface area contributed by atoms with Gasteiger partial charge in [-0.3, -0.25) is 4.79 Å². The van der Waals surface area contributed by atoms with Crippen LogP contribution in [0.2, 0.25) is 0 Å². The number of rotatable bonds is 7. The summed E-state index contributed by atoms with van der Waals surface area (Å²) in [5, 5.41) is 6.57. The highest BCUT2D eigenvalue weighted by atomic mass is 16.5. The van der Waals surface area contributed by atoms with Crippen LogP contribution >= 0.6 is 0 Å². The van der Waals surface area contributed by atoms with Crippen molar-refractivity contribution < 1.29 is 14.3 Å². The van der Waals surface area contributed by atoms with Crippen molar-refractivity contribution in [3.63, 3.8) is 0 Å². The standard InChI is InChI=1S/C21H28N4O3/c1-15(16-9-7-6-8-10-16)23-21(22-14-20(26)25(2)3)24-17-11-12-18(27-4)19(13-17)28-5/h6-13,15H,14H2,1-5H3,(H2,22,23,24). The molecule has 1 unspecified atom stereocenters. The lowest BCUT2D eigenvalue weighted by atomic mass is 10.1. The van der Waals surface area contributed by atoms with E-state index in [0.717, 1.165) is 11.3 Å². The van der Waals surface area contributed by atoms with Gasteiger partial charge in [-0.1, -0.05) is 30.3 Å². The van der Waals surface area contributed by atoms with Gasteiger partial charge >= 0.3 is 0 Å². The predicted molar refractivity (Wildman–Crippen MR) is 112 cm³/mol. The molecule has 0 bridgehead atoms. The SMILES string of the molecule is COc1ccc(NC(=NCC(=O)N(C)C)NC(C)c2ccccc2)cc1OC. The quantitative estimate of drug-likeness (QED) is 0.567. The van der Waals surface area contributed by atoms with E-state index < -0.39 is 0 Å². The Hall–Kier alpha value is -3.22. The first-order chi connectivity index (χ1) is 13.4. The average molecular weight is 384 g/mol. The Morgan fingerprint density at radius 2 is 1.75 bits per heavy atom. The Bertz CT molecular complexity index is 807. The molecule has 0 spiro atoms. The minimum Gasteiger partial charge on any atom is -0.493 e. The maximum atomic E-state index is 12.0. The highest BCUT2D eigenvalue weighted by Crippen LogP contribution is 2.29. The first kappa shape index (κ1) is 21.1. The summed E-state index contributed by atoms with van der Waals surface area (Å²) >= 11 is 0. The van der Waals surface area contributed by atoms with Crippen LogP contribution in [0, 0.1) is 0 Å². The van der Waals surface area contributed by atoms with Crippen LogP contribution in [-0.4, -0.2) is 51.6 Å². The molecule has 0 fully saturated rings. The molecule has 2 aromatic carbocycles. The van der Waals surface area contributed by atoms with Crippen LogP contribution in [0.25, 0.3) is 0 Å². The molecule has 0 heterocycles. The Labute approximate surface area is 166 Å². The topological polar surface area (TPSA) is 75.2 Å². The van der Waals surface area contributed by atoms with Gasteiger partial charge in [0.15, 0.2) is 17.5 Å². The molecule has 2 N–H and O–H groups in total. The molecule has 2 aromatic rings. The van der Waals surface area contributed by atoms with Gasteiger partial charge in [0.25, 0.3) is 0 Å². The van der Waals surface area contributed by atoms with Crippen LogP contribution < -0.4 is 20.1 Å². The molecule has 0 radical (unpaired) electrons. The predicted octanol–water partition coefficient (Wildman–Crippen LogP) is 2.91. The van der Waals surface area contributed by atoms with Gasteiger partial charge in [0, 0.05) is 25.8 Å². The summed E-state index contributed by atoms with van der Waals surface area (Å²) in [6.45, 7) is 2.08. The second kappa shape index (κ2) is 10.2. The number of ether oxygens (including phenoxy) is 2. The zero-order valence-corrected chi connectivity index (χ0v) is 17.0. The monoisotopic (exact) mass is 384 g/mol. The Morgan fingerprint density at radius 1 is 1.07 bits per heavy atom. The van der Waals surface area contributed by atoms with E-state index in [2.05, 4.69) is 15.6 Å². The van der Waals surface area contributed by atoms with Crippen LogP contribution in [0.1, 0.15) is 18.5 Å². The number of hydrogen-bond acceptors (Lipinski definition) is 4. The first-order valence-electron chi connectivity index (χ1n) is 8.99. The van der Waals surface area contributed by atoms with E-state index >= 15 is 0 Å². The molecule has 0 saturated heterocycles. The smallest absolute Gasteiger partial charge is 0.243 e. The summed E-state index contributed by atoms with van der Waals surface area (Å²) in [5.74, 6) is 1.66. The van der Waals surface area contributed by atoms with Crippen LogP contribution in [0.4, 0.5) is 5.69 Å². The van der Waals surface area contributed by atoms with E-state index in [1.165, 1.54) is 4.90 Å². The van der Waals surface area contributed by atoms with Crippen LogP contribution in [-0.2, 0) is 4.79 Å². The van der Waals surface area contributed by atoms with Crippen molar-refractivity contribution >= 4 is 17.6 Å². The number of nitrogens with one attached hydrogen (secondary N) is 2. The maximum absolute atomic E-state index is 12.0. The zero-order chi connectivity index (χ0) is 20.5. The number of carbonyl (C=O) groups excluding carboxylic acids is 1. The van der Waals surface area contributed by atoms with E-state index in [1.807, 2.05) is 55.5 Å². The molecule has 150 valence electrons. The van der Waals surface area contributed by atoms with Gasteiger partial charge in [-0.25, -0.2) is 4.99 Å². The molecule has 2 rings (SSSR count). The molecular weight excluding hydrogens is 356 g/mol. The van der Waals surface area contributed by atoms with Crippen molar-refractivity contribution in [3.05, 3.63) is 54.1 Å². The Balaban J connectivity index is 2.22. The van der Waals surface area contributed by atoms with Crippen molar-refractivity contribution in [3.8, 4) is 11.5 Å². The van der Waals surface area contributed by atoms with Crippen LogP contribution in [0.5, 0.6) is 11.5 Å². The second-order valence-electron chi connectivity index (χ2n) is 6.42. The van der Waals surface area contributed by atoms with E-state index in [0.29, 0.717) is 17.5 Å². The lowest BCUT2D eigenvalue weighted by Crippen LogP contribution is -2.34. The summed E-state index contributed by atoms with van der Waals surface area (Å²) in [6, 6.07) is 15.5. The number of amides is 1. The maximum Gasteiger partial charge on any atom is 0.243 e. The van der Waals surface area contributed by atoms with Crippen molar-refractivity contribution in [2.45, 2.75) is 13.0 Å². The highest BCUT2D eigenvalue weighted by molar-refractivity contribution is 5.95. The van der Waals surface area contributed by atoms with Crippen LogP contribution in [0.15, 0.2) is 53.5 Å². The number of methoxy groups -OCH3 is 2. The third-order valence-corrected chi connectivity index (χ3v) is 4.17. The second-order valence-corrected chi connectivity index (χ2v) is 6.42. The minimum atomic E-state index is -0.0826. The molecule has 0 saturated carbocycles. The molecule has 0 aliphatic carbocycles. The molecule has 28 heavy (non-hydrogen) atoms. The number of aliphatic imine (C=N–C) groups is 1. The van der Waals surface area contributed by atoms with Crippen molar-refractivity contribution in [1.82, 2.24) is 10.2 Å². The third kappa shape index (κ3) is 5.90. The Morgan fingerprint density at radius 3 is 2.36 bits per heavy atom. The first-order valence-corrected chi connectivity index (χ1v) is 8.99. The van der Waals surface area contributed by atoms with Gasteiger partial charge in [-0.2, -0.15) is 0 Å². The van der Waals surface area contributed by atoms with Gasteiger partial charge in [0.05, 0.1) is 20.3 Å². The molecule has 1 amide bonds. The molecule has 7 heteroatoms. The number of nitrogens with zero attached hydrogens (tertiary/aromatic N) is 2. The van der Waals surface area contributed by atoms with E-state index in [4.69, 9.17) is 9.47 Å². The largest absolute Gasteiger partial charge is 0.493 e. The molecule has 1 atom stereocenters. The molecule has 0 aliphatic heterocycles. The fourth-order valence-corrected chi connectivity index (χ4v) is 2.49. The number of guanidine groups is 1. The van der Waals surface area contributed by atoms with Crippen molar-refractivity contribution in [1.29, 1.82) is 0 Å². The van der Waals surface area contributed by atoms with Gasteiger partial charge in [0.1, 0.15) is 6.54 Å². The molecule has 0 aromatic heterocycles. The number of hydrogen-bond donors (Lipinski definition) is 2. The average Bonchev–Trinajstić information content (AvgIpc) is 2.72. The summed E-state index contributed by atoms with van der Waals surface area (Å²) in [5.41, 5.74) is 1.88. The van der Waals surface area contributed by atoms with Gasteiger partial charge in [-0.15, -0.1) is 0 Å². The van der Waals surface area contributed by atoms with Crippen molar-refractivity contribution in [2.24, 2.45) is 4.99 Å². The van der Waals surface area contributed by atoms with E-state index in [1.54, 1.807) is 28.3 Å². The summed E-state index contributed by atoms with van der Waals surface area (Å²) in [7, 11) is 6.59. The van der Waals surface area contributed by atoms with Gasteiger partial charge in [-0.05, 0) is 24.6 Å². The number of carbonyl (C=O) groups is 1. The minimum absolute atomic E-state index is 0.00190. The Kier molecular flexibility index (Phi) is 7.68. The van der Waals surface area contributed by atoms with Gasteiger partial charge in [0.2, 0.25) is 5.91 Å².